The maximum Gasteiger partial charge on any atom is 0.145 e. The second kappa shape index (κ2) is 11.1. The van der Waals surface area contributed by atoms with Crippen molar-refractivity contribution in [3.63, 3.8) is 0 Å². The van der Waals surface area contributed by atoms with Gasteiger partial charge in [0.2, 0.25) is 0 Å². The van der Waals surface area contributed by atoms with E-state index in [1.807, 2.05) is 54.6 Å². The van der Waals surface area contributed by atoms with Gasteiger partial charge in [-0.2, -0.15) is 0 Å². The standard InChI is InChI=1S/C23H27ClN2O3/c1-2-11-28-17-21(27)15-26(14-18-7-6-10-20(24)12-18)16-22-13-23(25-29-22)19-8-4-3-5-9-19/h2-10,12,21-22,27H,1,11,13-17H2/t21-,22-/m1/s1. The van der Waals surface area contributed by atoms with Crippen LogP contribution in [0.25, 0.3) is 0 Å². The van der Waals surface area contributed by atoms with Crippen molar-refractivity contribution in [3.05, 3.63) is 83.4 Å². The molecule has 0 amide bonds. The topological polar surface area (TPSA) is 54.3 Å². The minimum atomic E-state index is -0.606. The molecule has 0 radical (unpaired) electrons. The molecule has 2 aromatic carbocycles. The largest absolute Gasteiger partial charge is 0.390 e. The minimum absolute atomic E-state index is 0.0642. The van der Waals surface area contributed by atoms with Crippen LogP contribution in [0.1, 0.15) is 17.5 Å². The molecule has 0 spiro atoms. The van der Waals surface area contributed by atoms with Crippen molar-refractivity contribution in [1.29, 1.82) is 0 Å². The number of rotatable bonds is 11. The molecule has 0 saturated carbocycles. The third-order valence-electron chi connectivity index (χ3n) is 4.61. The Balaban J connectivity index is 1.61. The number of hydrogen-bond donors (Lipinski definition) is 1. The lowest BCUT2D eigenvalue weighted by molar-refractivity contribution is 0.00336. The molecule has 29 heavy (non-hydrogen) atoms. The van der Waals surface area contributed by atoms with Gasteiger partial charge in [-0.15, -0.1) is 6.58 Å². The minimum Gasteiger partial charge on any atom is -0.390 e. The van der Waals surface area contributed by atoms with Crippen molar-refractivity contribution in [2.45, 2.75) is 25.2 Å². The predicted octanol–water partition coefficient (Wildman–Crippen LogP) is 3.90. The highest BCUT2D eigenvalue weighted by molar-refractivity contribution is 6.30. The summed E-state index contributed by atoms with van der Waals surface area (Å²) >= 11 is 6.14. The van der Waals surface area contributed by atoms with Crippen molar-refractivity contribution in [2.24, 2.45) is 5.16 Å². The first-order valence-electron chi connectivity index (χ1n) is 9.75. The second-order valence-corrected chi connectivity index (χ2v) is 7.58. The Morgan fingerprint density at radius 2 is 2.10 bits per heavy atom. The van der Waals surface area contributed by atoms with Crippen LogP contribution in [0.3, 0.4) is 0 Å². The molecule has 1 aliphatic rings. The average molecular weight is 415 g/mol. The quantitative estimate of drug-likeness (QED) is 0.447. The van der Waals surface area contributed by atoms with E-state index in [1.54, 1.807) is 6.08 Å². The Morgan fingerprint density at radius 1 is 1.28 bits per heavy atom. The van der Waals surface area contributed by atoms with Gasteiger partial charge in [0.05, 0.1) is 25.0 Å². The highest BCUT2D eigenvalue weighted by atomic mass is 35.5. The summed E-state index contributed by atoms with van der Waals surface area (Å²) in [7, 11) is 0. The summed E-state index contributed by atoms with van der Waals surface area (Å²) in [4.78, 5) is 7.84. The fourth-order valence-corrected chi connectivity index (χ4v) is 3.56. The summed E-state index contributed by atoms with van der Waals surface area (Å²) in [5.41, 5.74) is 3.11. The van der Waals surface area contributed by atoms with Crippen molar-refractivity contribution in [2.75, 3.05) is 26.3 Å². The molecular formula is C23H27ClN2O3. The van der Waals surface area contributed by atoms with Crippen LogP contribution in [-0.2, 0) is 16.1 Å². The number of benzene rings is 2. The van der Waals surface area contributed by atoms with Gasteiger partial charge in [-0.05, 0) is 23.3 Å². The molecule has 1 heterocycles. The van der Waals surface area contributed by atoms with E-state index >= 15 is 0 Å². The number of aliphatic hydroxyl groups is 1. The first-order chi connectivity index (χ1) is 14.1. The summed E-state index contributed by atoms with van der Waals surface area (Å²) in [6, 6.07) is 17.8. The highest BCUT2D eigenvalue weighted by Crippen LogP contribution is 2.19. The summed E-state index contributed by atoms with van der Waals surface area (Å²) in [6.07, 6.45) is 1.74. The highest BCUT2D eigenvalue weighted by Gasteiger charge is 2.25. The molecule has 5 nitrogen and oxygen atoms in total. The Bertz CT molecular complexity index is 813. The zero-order valence-corrected chi connectivity index (χ0v) is 17.2. The maximum atomic E-state index is 10.4. The molecule has 0 bridgehead atoms. The smallest absolute Gasteiger partial charge is 0.145 e. The molecule has 1 N–H and O–H groups in total. The zero-order chi connectivity index (χ0) is 20.5. The molecular weight excluding hydrogens is 388 g/mol. The van der Waals surface area contributed by atoms with Crippen LogP contribution in [0.4, 0.5) is 0 Å². The van der Waals surface area contributed by atoms with Gasteiger partial charge in [0.25, 0.3) is 0 Å². The number of ether oxygens (including phenoxy) is 1. The molecule has 154 valence electrons. The summed E-state index contributed by atoms with van der Waals surface area (Å²) in [5.74, 6) is 0. The predicted molar refractivity (Wildman–Crippen MR) is 116 cm³/mol. The van der Waals surface area contributed by atoms with Gasteiger partial charge in [0.15, 0.2) is 0 Å². The van der Waals surface area contributed by atoms with Crippen molar-refractivity contribution < 1.29 is 14.7 Å². The molecule has 0 unspecified atom stereocenters. The van der Waals surface area contributed by atoms with Crippen molar-refractivity contribution in [1.82, 2.24) is 4.90 Å². The molecule has 6 heteroatoms. The first-order valence-corrected chi connectivity index (χ1v) is 10.1. The zero-order valence-electron chi connectivity index (χ0n) is 16.4. The van der Waals surface area contributed by atoms with E-state index in [9.17, 15) is 5.11 Å². The van der Waals surface area contributed by atoms with E-state index in [0.717, 1.165) is 23.3 Å². The van der Waals surface area contributed by atoms with Crippen LogP contribution >= 0.6 is 11.6 Å². The van der Waals surface area contributed by atoms with E-state index in [1.165, 1.54) is 0 Å². The lowest BCUT2D eigenvalue weighted by Gasteiger charge is -2.27. The Kier molecular flexibility index (Phi) is 8.25. The van der Waals surface area contributed by atoms with E-state index in [0.29, 0.717) is 31.3 Å². The monoisotopic (exact) mass is 414 g/mol. The number of oxime groups is 1. The van der Waals surface area contributed by atoms with Crippen molar-refractivity contribution in [3.8, 4) is 0 Å². The van der Waals surface area contributed by atoms with Gasteiger partial charge in [0.1, 0.15) is 6.10 Å². The Labute approximate surface area is 177 Å². The molecule has 0 aromatic heterocycles. The molecule has 3 rings (SSSR count). The Hall–Kier alpha value is -2.18. The summed E-state index contributed by atoms with van der Waals surface area (Å²) in [5, 5.41) is 15.4. The van der Waals surface area contributed by atoms with Crippen LogP contribution in [0.15, 0.2) is 72.4 Å². The van der Waals surface area contributed by atoms with Crippen LogP contribution in [0.2, 0.25) is 5.02 Å². The molecule has 1 aliphatic heterocycles. The van der Waals surface area contributed by atoms with Gasteiger partial charge in [-0.25, -0.2) is 0 Å². The summed E-state index contributed by atoms with van der Waals surface area (Å²) < 4.78 is 5.39. The molecule has 0 aliphatic carbocycles. The second-order valence-electron chi connectivity index (χ2n) is 7.14. The normalized spacial score (nSPS) is 17.1. The van der Waals surface area contributed by atoms with E-state index in [-0.39, 0.29) is 12.7 Å². The van der Waals surface area contributed by atoms with Crippen LogP contribution in [0, 0.1) is 0 Å². The third kappa shape index (κ3) is 6.98. The lowest BCUT2D eigenvalue weighted by Crippen LogP contribution is -2.39. The number of halogens is 1. The molecule has 0 fully saturated rings. The summed E-state index contributed by atoms with van der Waals surface area (Å²) in [6.45, 7) is 6.06. The lowest BCUT2D eigenvalue weighted by atomic mass is 10.0. The van der Waals surface area contributed by atoms with E-state index in [2.05, 4.69) is 16.6 Å². The molecule has 2 atom stereocenters. The molecule has 2 aromatic rings. The SMILES string of the molecule is C=CCOC[C@H](O)CN(Cc1cccc(Cl)c1)C[C@H]1CC(c2ccccc2)=NO1. The fraction of sp³-hybridized carbons (Fsp3) is 0.348. The van der Waals surface area contributed by atoms with Gasteiger partial charge < -0.3 is 14.7 Å². The van der Waals surface area contributed by atoms with Crippen LogP contribution < -0.4 is 0 Å². The van der Waals surface area contributed by atoms with Gasteiger partial charge >= 0.3 is 0 Å². The van der Waals surface area contributed by atoms with E-state index in [4.69, 9.17) is 21.2 Å². The Morgan fingerprint density at radius 3 is 2.86 bits per heavy atom. The number of nitrogens with zero attached hydrogens (tertiary/aromatic N) is 2. The van der Waals surface area contributed by atoms with Gasteiger partial charge in [-0.1, -0.05) is 65.3 Å². The molecule has 0 saturated heterocycles. The van der Waals surface area contributed by atoms with Gasteiger partial charge in [-0.3, -0.25) is 4.90 Å². The van der Waals surface area contributed by atoms with Gasteiger partial charge in [0, 0.05) is 31.1 Å². The number of hydrogen-bond acceptors (Lipinski definition) is 5. The van der Waals surface area contributed by atoms with Crippen LogP contribution in [0.5, 0.6) is 0 Å². The average Bonchev–Trinajstić information content (AvgIpc) is 3.17. The first kappa shape index (κ1) is 21.5. The number of aliphatic hydroxyl groups excluding tert-OH is 1. The third-order valence-corrected chi connectivity index (χ3v) is 4.85. The van der Waals surface area contributed by atoms with Crippen LogP contribution in [-0.4, -0.2) is 54.2 Å². The fourth-order valence-electron chi connectivity index (χ4n) is 3.35. The van der Waals surface area contributed by atoms with E-state index < -0.39 is 6.10 Å². The maximum absolute atomic E-state index is 10.4. The van der Waals surface area contributed by atoms with Crippen molar-refractivity contribution >= 4 is 17.3 Å².